The van der Waals surface area contributed by atoms with E-state index >= 15 is 0 Å². The highest BCUT2D eigenvalue weighted by Crippen LogP contribution is 2.60. The van der Waals surface area contributed by atoms with Crippen molar-refractivity contribution in [3.8, 4) is 5.75 Å². The molecular weight excluding hydrogens is 382 g/mol. The van der Waals surface area contributed by atoms with E-state index in [1.165, 1.54) is 44.1 Å². The maximum Gasteiger partial charge on any atom is 0.262 e. The lowest BCUT2D eigenvalue weighted by Gasteiger charge is -2.57. The van der Waals surface area contributed by atoms with Gasteiger partial charge in [-0.1, -0.05) is 23.7 Å². The lowest BCUT2D eigenvalue weighted by Crippen LogP contribution is -2.48. The van der Waals surface area contributed by atoms with Gasteiger partial charge in [0, 0.05) is 10.7 Å². The number of rotatable bonds is 5. The van der Waals surface area contributed by atoms with Gasteiger partial charge in [-0.2, -0.15) is 0 Å². The lowest BCUT2D eigenvalue weighted by atomic mass is 9.48. The van der Waals surface area contributed by atoms with Gasteiger partial charge in [0.05, 0.1) is 0 Å². The third-order valence-corrected chi connectivity index (χ3v) is 7.74. The third-order valence-electron chi connectivity index (χ3n) is 7.32. The smallest absolute Gasteiger partial charge is 0.262 e. The molecule has 152 valence electrons. The molecule has 4 aliphatic rings. The van der Waals surface area contributed by atoms with Crippen LogP contribution in [-0.4, -0.2) is 12.5 Å². The van der Waals surface area contributed by atoms with Crippen LogP contribution in [-0.2, 0) is 10.2 Å². The van der Waals surface area contributed by atoms with Crippen molar-refractivity contribution in [1.29, 1.82) is 0 Å². The van der Waals surface area contributed by atoms with Crippen LogP contribution >= 0.6 is 11.6 Å². The predicted molar refractivity (Wildman–Crippen MR) is 117 cm³/mol. The quantitative estimate of drug-likeness (QED) is 0.644. The Bertz CT molecular complexity index is 886. The second kappa shape index (κ2) is 7.36. The van der Waals surface area contributed by atoms with Crippen LogP contribution in [0.15, 0.2) is 42.5 Å². The average Bonchev–Trinajstić information content (AvgIpc) is 2.68. The van der Waals surface area contributed by atoms with Gasteiger partial charge in [0.1, 0.15) is 5.75 Å². The van der Waals surface area contributed by atoms with Crippen molar-refractivity contribution in [2.45, 2.75) is 50.9 Å². The number of amides is 1. The van der Waals surface area contributed by atoms with Crippen LogP contribution < -0.4 is 10.1 Å². The summed E-state index contributed by atoms with van der Waals surface area (Å²) in [4.78, 5) is 12.3. The Morgan fingerprint density at radius 2 is 1.66 bits per heavy atom. The van der Waals surface area contributed by atoms with Crippen LogP contribution in [0.4, 0.5) is 5.69 Å². The van der Waals surface area contributed by atoms with E-state index in [0.717, 1.165) is 29.0 Å². The summed E-state index contributed by atoms with van der Waals surface area (Å²) in [6, 6.07) is 14.0. The SMILES string of the molecule is Cc1cc(OCC(=O)Nc2ccc(C34CC5CC(CC(C5)C3)C4)cc2)ccc1Cl. The van der Waals surface area contributed by atoms with Crippen molar-refractivity contribution in [2.24, 2.45) is 17.8 Å². The van der Waals surface area contributed by atoms with Crippen LogP contribution in [0.1, 0.15) is 49.7 Å². The maximum absolute atomic E-state index is 12.3. The predicted octanol–water partition coefficient (Wildman–Crippen LogP) is 6.13. The normalized spacial score (nSPS) is 29.7. The fourth-order valence-electron chi connectivity index (χ4n) is 6.42. The molecule has 0 atom stereocenters. The number of benzene rings is 2. The number of halogens is 1. The highest BCUT2D eigenvalue weighted by atomic mass is 35.5. The molecule has 1 amide bonds. The van der Waals surface area contributed by atoms with E-state index < -0.39 is 0 Å². The van der Waals surface area contributed by atoms with Crippen molar-refractivity contribution in [2.75, 3.05) is 11.9 Å². The van der Waals surface area contributed by atoms with Crippen molar-refractivity contribution >= 4 is 23.2 Å². The summed E-state index contributed by atoms with van der Waals surface area (Å²) in [7, 11) is 0. The van der Waals surface area contributed by atoms with Crippen LogP contribution in [0, 0.1) is 24.7 Å². The van der Waals surface area contributed by atoms with Crippen LogP contribution in [0.5, 0.6) is 5.75 Å². The van der Waals surface area contributed by atoms with Crippen molar-refractivity contribution < 1.29 is 9.53 Å². The Labute approximate surface area is 177 Å². The number of hydrogen-bond acceptors (Lipinski definition) is 2. The van der Waals surface area contributed by atoms with Crippen molar-refractivity contribution in [3.05, 3.63) is 58.6 Å². The van der Waals surface area contributed by atoms with Gasteiger partial charge >= 0.3 is 0 Å². The summed E-state index contributed by atoms with van der Waals surface area (Å²) in [5.74, 6) is 3.32. The molecule has 4 fully saturated rings. The minimum atomic E-state index is -0.153. The zero-order valence-electron chi connectivity index (χ0n) is 16.9. The van der Waals surface area contributed by atoms with E-state index in [4.69, 9.17) is 16.3 Å². The molecular formula is C25H28ClNO2. The summed E-state index contributed by atoms with van der Waals surface area (Å²) in [6.07, 6.45) is 8.46. The summed E-state index contributed by atoms with van der Waals surface area (Å²) in [5, 5.41) is 3.64. The molecule has 2 aromatic carbocycles. The molecule has 4 saturated carbocycles. The van der Waals surface area contributed by atoms with E-state index in [1.54, 1.807) is 12.1 Å². The molecule has 4 heteroatoms. The first kappa shape index (κ1) is 19.0. The van der Waals surface area contributed by atoms with Gasteiger partial charge in [-0.25, -0.2) is 0 Å². The minimum absolute atomic E-state index is 0.0161. The zero-order valence-corrected chi connectivity index (χ0v) is 17.7. The molecule has 2 aromatic rings. The zero-order chi connectivity index (χ0) is 20.0. The first-order valence-corrected chi connectivity index (χ1v) is 11.2. The number of aryl methyl sites for hydroxylation is 1. The Morgan fingerprint density at radius 1 is 1.03 bits per heavy atom. The van der Waals surface area contributed by atoms with Crippen LogP contribution in [0.3, 0.4) is 0 Å². The van der Waals surface area contributed by atoms with E-state index in [-0.39, 0.29) is 12.5 Å². The maximum atomic E-state index is 12.3. The van der Waals surface area contributed by atoms with Gasteiger partial charge in [0.2, 0.25) is 0 Å². The second-order valence-electron chi connectivity index (χ2n) is 9.52. The van der Waals surface area contributed by atoms with Crippen LogP contribution in [0.2, 0.25) is 5.02 Å². The molecule has 0 radical (unpaired) electrons. The molecule has 6 rings (SSSR count). The largest absolute Gasteiger partial charge is 0.484 e. The second-order valence-corrected chi connectivity index (χ2v) is 9.93. The van der Waals surface area contributed by atoms with E-state index in [2.05, 4.69) is 29.6 Å². The monoisotopic (exact) mass is 409 g/mol. The van der Waals surface area contributed by atoms with Gasteiger partial charge in [-0.15, -0.1) is 0 Å². The van der Waals surface area contributed by atoms with E-state index in [1.807, 2.05) is 13.0 Å². The summed E-state index contributed by atoms with van der Waals surface area (Å²) in [6.45, 7) is 1.90. The summed E-state index contributed by atoms with van der Waals surface area (Å²) < 4.78 is 5.59. The molecule has 0 aliphatic heterocycles. The highest BCUT2D eigenvalue weighted by molar-refractivity contribution is 6.31. The first-order valence-electron chi connectivity index (χ1n) is 10.8. The number of ether oxygens (including phenoxy) is 1. The van der Waals surface area contributed by atoms with Gasteiger partial charge in [0.15, 0.2) is 6.61 Å². The lowest BCUT2D eigenvalue weighted by molar-refractivity contribution is -0.118. The van der Waals surface area contributed by atoms with Gasteiger partial charge in [-0.3, -0.25) is 4.79 Å². The average molecular weight is 410 g/mol. The van der Waals surface area contributed by atoms with Crippen LogP contribution in [0.25, 0.3) is 0 Å². The standard InChI is InChI=1S/C25H28ClNO2/c1-16-8-22(6-7-23(16)26)29-15-24(28)27-21-4-2-20(3-5-21)25-12-17-9-18(13-25)11-19(10-17)14-25/h2-8,17-19H,9-15H2,1H3,(H,27,28). The molecule has 1 N–H and O–H groups in total. The van der Waals surface area contributed by atoms with Gasteiger partial charge in [0.25, 0.3) is 5.91 Å². The van der Waals surface area contributed by atoms with Gasteiger partial charge < -0.3 is 10.1 Å². The molecule has 0 saturated heterocycles. The number of carbonyl (C=O) groups excluding carboxylic acids is 1. The number of carbonyl (C=O) groups is 1. The fraction of sp³-hybridized carbons (Fsp3) is 0.480. The Morgan fingerprint density at radius 3 is 2.24 bits per heavy atom. The Hall–Kier alpha value is -2.00. The Kier molecular flexibility index (Phi) is 4.82. The highest BCUT2D eigenvalue weighted by Gasteiger charge is 2.51. The summed E-state index contributed by atoms with van der Waals surface area (Å²) >= 11 is 6.03. The van der Waals surface area contributed by atoms with Gasteiger partial charge in [-0.05, 0) is 110 Å². The molecule has 4 aliphatic carbocycles. The molecule has 0 aromatic heterocycles. The first-order chi connectivity index (χ1) is 14.0. The van der Waals surface area contributed by atoms with E-state index in [9.17, 15) is 4.79 Å². The van der Waals surface area contributed by atoms with Crippen molar-refractivity contribution in [1.82, 2.24) is 0 Å². The summed E-state index contributed by atoms with van der Waals surface area (Å²) in [5.41, 5.74) is 3.64. The number of nitrogens with one attached hydrogen (secondary N) is 1. The Balaban J connectivity index is 1.20. The molecule has 4 bridgehead atoms. The number of anilines is 1. The molecule has 0 spiro atoms. The number of hydrogen-bond donors (Lipinski definition) is 1. The molecule has 3 nitrogen and oxygen atoms in total. The third kappa shape index (κ3) is 3.77. The minimum Gasteiger partial charge on any atom is -0.484 e. The van der Waals surface area contributed by atoms with Crippen molar-refractivity contribution in [3.63, 3.8) is 0 Å². The molecule has 0 heterocycles. The fourth-order valence-corrected chi connectivity index (χ4v) is 6.54. The molecule has 0 unspecified atom stereocenters. The molecule has 29 heavy (non-hydrogen) atoms. The van der Waals surface area contributed by atoms with E-state index in [0.29, 0.717) is 16.2 Å². The topological polar surface area (TPSA) is 38.3 Å².